The summed E-state index contributed by atoms with van der Waals surface area (Å²) in [5.74, 6) is 0. The van der Waals surface area contributed by atoms with Gasteiger partial charge in [0.2, 0.25) is 0 Å². The van der Waals surface area contributed by atoms with Crippen LogP contribution in [-0.4, -0.2) is 13.0 Å². The van der Waals surface area contributed by atoms with Crippen LogP contribution in [0.3, 0.4) is 0 Å². The van der Waals surface area contributed by atoms with Crippen molar-refractivity contribution >= 4 is 15.7 Å². The lowest BCUT2D eigenvalue weighted by molar-refractivity contribution is 0.483. The molecule has 0 fully saturated rings. The fraction of sp³-hybridized carbons (Fsp3) is 0.333. The fourth-order valence-corrected chi connectivity index (χ4v) is 2.53. The van der Waals surface area contributed by atoms with Gasteiger partial charge >= 0.3 is 0 Å². The molecule has 0 amide bonds. The molecule has 0 saturated carbocycles. The molecule has 3 nitrogen and oxygen atoms in total. The standard InChI is InChI=1S/C12H14O3S/c1-9-6-7-11(16(13,14)15)8-12(9)10-4-2-3-5-10/h4,6-8H,2-3,5H2,1H3,(H,13,14,15). The van der Waals surface area contributed by atoms with Crippen molar-refractivity contribution in [2.24, 2.45) is 0 Å². The summed E-state index contributed by atoms with van der Waals surface area (Å²) in [6.45, 7) is 1.95. The van der Waals surface area contributed by atoms with Crippen LogP contribution in [0, 0.1) is 6.92 Å². The molecule has 0 bridgehead atoms. The van der Waals surface area contributed by atoms with Crippen molar-refractivity contribution in [3.63, 3.8) is 0 Å². The summed E-state index contributed by atoms with van der Waals surface area (Å²) in [6, 6.07) is 4.73. The van der Waals surface area contributed by atoms with E-state index in [0.29, 0.717) is 0 Å². The Bertz CT molecular complexity index is 541. The molecule has 1 aromatic carbocycles. The fourth-order valence-electron chi connectivity index (χ4n) is 2.02. The van der Waals surface area contributed by atoms with Crippen molar-refractivity contribution < 1.29 is 13.0 Å². The maximum absolute atomic E-state index is 11.0. The van der Waals surface area contributed by atoms with Crippen LogP contribution in [0.15, 0.2) is 29.2 Å². The van der Waals surface area contributed by atoms with Gasteiger partial charge in [-0.15, -0.1) is 0 Å². The molecule has 86 valence electrons. The minimum Gasteiger partial charge on any atom is -0.282 e. The first-order valence-electron chi connectivity index (χ1n) is 5.26. The van der Waals surface area contributed by atoms with Gasteiger partial charge in [-0.3, -0.25) is 4.55 Å². The van der Waals surface area contributed by atoms with Crippen LogP contribution in [0.5, 0.6) is 0 Å². The molecule has 0 aromatic heterocycles. The third kappa shape index (κ3) is 2.18. The van der Waals surface area contributed by atoms with Crippen LogP contribution in [-0.2, 0) is 10.1 Å². The van der Waals surface area contributed by atoms with E-state index in [1.54, 1.807) is 12.1 Å². The highest BCUT2D eigenvalue weighted by Crippen LogP contribution is 2.31. The predicted molar refractivity (Wildman–Crippen MR) is 62.8 cm³/mol. The van der Waals surface area contributed by atoms with Crippen molar-refractivity contribution in [3.8, 4) is 0 Å². The van der Waals surface area contributed by atoms with E-state index in [2.05, 4.69) is 6.08 Å². The monoisotopic (exact) mass is 238 g/mol. The van der Waals surface area contributed by atoms with Gasteiger partial charge in [-0.25, -0.2) is 0 Å². The summed E-state index contributed by atoms with van der Waals surface area (Å²) in [4.78, 5) is -0.0269. The maximum atomic E-state index is 11.0. The van der Waals surface area contributed by atoms with E-state index in [4.69, 9.17) is 4.55 Å². The molecule has 1 aliphatic rings. The van der Waals surface area contributed by atoms with Crippen molar-refractivity contribution in [1.82, 2.24) is 0 Å². The lowest BCUT2D eigenvalue weighted by Gasteiger charge is -2.08. The Morgan fingerprint density at radius 3 is 2.62 bits per heavy atom. The van der Waals surface area contributed by atoms with Gasteiger partial charge in [0.25, 0.3) is 10.1 Å². The average molecular weight is 238 g/mol. The second-order valence-corrected chi connectivity index (χ2v) is 5.49. The first-order valence-corrected chi connectivity index (χ1v) is 6.70. The zero-order valence-corrected chi connectivity index (χ0v) is 9.92. The van der Waals surface area contributed by atoms with Crippen LogP contribution >= 0.6 is 0 Å². The van der Waals surface area contributed by atoms with E-state index in [-0.39, 0.29) is 4.90 Å². The Kier molecular flexibility index (Phi) is 2.86. The zero-order chi connectivity index (χ0) is 11.8. The van der Waals surface area contributed by atoms with Crippen molar-refractivity contribution in [1.29, 1.82) is 0 Å². The molecule has 1 N–H and O–H groups in total. The SMILES string of the molecule is Cc1ccc(S(=O)(=O)O)cc1C1=CCCC1. The number of benzene rings is 1. The summed E-state index contributed by atoms with van der Waals surface area (Å²) < 4.78 is 31.1. The molecule has 1 aromatic rings. The topological polar surface area (TPSA) is 54.4 Å². The minimum absolute atomic E-state index is 0.0269. The summed E-state index contributed by atoms with van der Waals surface area (Å²) >= 11 is 0. The largest absolute Gasteiger partial charge is 0.294 e. The molecule has 0 radical (unpaired) electrons. The van der Waals surface area contributed by atoms with Crippen LogP contribution in [0.25, 0.3) is 5.57 Å². The zero-order valence-electron chi connectivity index (χ0n) is 9.10. The van der Waals surface area contributed by atoms with Gasteiger partial charge in [-0.2, -0.15) is 8.42 Å². The smallest absolute Gasteiger partial charge is 0.282 e. The molecule has 0 unspecified atom stereocenters. The predicted octanol–water partition coefficient (Wildman–Crippen LogP) is 2.81. The van der Waals surface area contributed by atoms with Gasteiger partial charge in [0.15, 0.2) is 0 Å². The molecule has 16 heavy (non-hydrogen) atoms. The Morgan fingerprint density at radius 1 is 1.31 bits per heavy atom. The highest BCUT2D eigenvalue weighted by Gasteiger charge is 2.15. The molecule has 4 heteroatoms. The minimum atomic E-state index is -4.10. The molecule has 2 rings (SSSR count). The number of allylic oxidation sites excluding steroid dienone is 2. The van der Waals surface area contributed by atoms with Crippen LogP contribution in [0.1, 0.15) is 30.4 Å². The third-order valence-electron chi connectivity index (χ3n) is 2.89. The summed E-state index contributed by atoms with van der Waals surface area (Å²) in [6.07, 6.45) is 5.28. The molecular weight excluding hydrogens is 224 g/mol. The average Bonchev–Trinajstić information content (AvgIpc) is 2.69. The summed E-state index contributed by atoms with van der Waals surface area (Å²) in [5.41, 5.74) is 3.16. The first kappa shape index (κ1) is 11.4. The number of rotatable bonds is 2. The molecule has 0 atom stereocenters. The van der Waals surface area contributed by atoms with Crippen LogP contribution in [0.4, 0.5) is 0 Å². The second kappa shape index (κ2) is 4.03. The van der Waals surface area contributed by atoms with Gasteiger partial charge in [0.05, 0.1) is 4.90 Å². The van der Waals surface area contributed by atoms with Gasteiger partial charge in [0, 0.05) is 0 Å². The Morgan fingerprint density at radius 2 is 2.06 bits per heavy atom. The second-order valence-electron chi connectivity index (χ2n) is 4.07. The van der Waals surface area contributed by atoms with Crippen molar-refractivity contribution in [3.05, 3.63) is 35.4 Å². The van der Waals surface area contributed by atoms with E-state index in [0.717, 1.165) is 30.4 Å². The summed E-state index contributed by atoms with van der Waals surface area (Å²) in [5, 5.41) is 0. The Hall–Kier alpha value is -1.13. The van der Waals surface area contributed by atoms with Crippen LogP contribution < -0.4 is 0 Å². The third-order valence-corrected chi connectivity index (χ3v) is 3.74. The van der Waals surface area contributed by atoms with E-state index >= 15 is 0 Å². The van der Waals surface area contributed by atoms with E-state index in [9.17, 15) is 8.42 Å². The van der Waals surface area contributed by atoms with Gasteiger partial charge in [-0.1, -0.05) is 12.1 Å². The molecule has 1 aliphatic carbocycles. The van der Waals surface area contributed by atoms with E-state index in [1.165, 1.54) is 11.6 Å². The number of hydrogen-bond donors (Lipinski definition) is 1. The molecule has 0 spiro atoms. The van der Waals surface area contributed by atoms with Gasteiger partial charge in [-0.05, 0) is 55.0 Å². The van der Waals surface area contributed by atoms with E-state index < -0.39 is 10.1 Å². The highest BCUT2D eigenvalue weighted by atomic mass is 32.2. The van der Waals surface area contributed by atoms with Crippen molar-refractivity contribution in [2.45, 2.75) is 31.1 Å². The molecule has 0 heterocycles. The number of hydrogen-bond acceptors (Lipinski definition) is 2. The normalized spacial score (nSPS) is 16.2. The van der Waals surface area contributed by atoms with Gasteiger partial charge in [0.1, 0.15) is 0 Å². The highest BCUT2D eigenvalue weighted by molar-refractivity contribution is 7.85. The quantitative estimate of drug-likeness (QED) is 0.806. The van der Waals surface area contributed by atoms with E-state index in [1.807, 2.05) is 6.92 Å². The first-order chi connectivity index (χ1) is 7.48. The van der Waals surface area contributed by atoms with Gasteiger partial charge < -0.3 is 0 Å². The molecule has 0 saturated heterocycles. The number of aryl methyl sites for hydroxylation is 1. The maximum Gasteiger partial charge on any atom is 0.294 e. The lowest BCUT2D eigenvalue weighted by Crippen LogP contribution is -1.99. The Labute approximate surface area is 95.6 Å². The molecular formula is C12H14O3S. The van der Waals surface area contributed by atoms with Crippen LogP contribution in [0.2, 0.25) is 0 Å². The Balaban J connectivity index is 2.53. The summed E-state index contributed by atoms with van der Waals surface area (Å²) in [7, 11) is -4.10. The lowest BCUT2D eigenvalue weighted by atomic mass is 10.0. The molecule has 0 aliphatic heterocycles. The van der Waals surface area contributed by atoms with Crippen molar-refractivity contribution in [2.75, 3.05) is 0 Å².